The van der Waals surface area contributed by atoms with Crippen LogP contribution in [-0.2, 0) is 16.1 Å². The summed E-state index contributed by atoms with van der Waals surface area (Å²) < 4.78 is 2.39. The molecule has 0 spiro atoms. The van der Waals surface area contributed by atoms with E-state index in [9.17, 15) is 14.4 Å². The van der Waals surface area contributed by atoms with E-state index in [0.29, 0.717) is 21.7 Å². The molecule has 29 heavy (non-hydrogen) atoms. The molecule has 2 rings (SSSR count). The van der Waals surface area contributed by atoms with E-state index in [4.69, 9.17) is 0 Å². The van der Waals surface area contributed by atoms with Gasteiger partial charge in [-0.25, -0.2) is 0 Å². The third kappa shape index (κ3) is 6.53. The summed E-state index contributed by atoms with van der Waals surface area (Å²) >= 11 is 1.24. The minimum atomic E-state index is -0.564. The Bertz CT molecular complexity index is 1070. The van der Waals surface area contributed by atoms with Crippen LogP contribution >= 0.6 is 11.3 Å². The van der Waals surface area contributed by atoms with Gasteiger partial charge in [-0.2, -0.15) is 0 Å². The first-order valence-corrected chi connectivity index (χ1v) is 10.6. The van der Waals surface area contributed by atoms with E-state index >= 15 is 0 Å². The van der Waals surface area contributed by atoms with Gasteiger partial charge in [0, 0.05) is 18.0 Å². The molecule has 1 heterocycles. The summed E-state index contributed by atoms with van der Waals surface area (Å²) in [6.45, 7) is 11.9. The lowest BCUT2D eigenvalue weighted by Crippen LogP contribution is -2.39. The molecule has 5 nitrogen and oxygen atoms in total. The fraction of sp³-hybridized carbons (Fsp3) is 0.435. The molecule has 1 amide bonds. The number of thiazole rings is 1. The number of hydrogen-bond donors (Lipinski definition) is 1. The molecule has 0 aliphatic heterocycles. The van der Waals surface area contributed by atoms with Crippen LogP contribution in [0.25, 0.3) is 12.2 Å². The minimum Gasteiger partial charge on any atom is -0.354 e. The maximum atomic E-state index is 13.0. The van der Waals surface area contributed by atoms with Crippen molar-refractivity contribution in [1.82, 2.24) is 9.88 Å². The van der Waals surface area contributed by atoms with Crippen LogP contribution in [0.2, 0.25) is 0 Å². The molecular weight excluding hydrogens is 384 g/mol. The lowest BCUT2D eigenvalue weighted by molar-refractivity contribution is -0.122. The summed E-state index contributed by atoms with van der Waals surface area (Å²) in [6, 6.07) is 7.84. The van der Waals surface area contributed by atoms with E-state index in [1.807, 2.05) is 65.8 Å². The molecule has 0 bridgehead atoms. The van der Waals surface area contributed by atoms with Crippen molar-refractivity contribution in [3.63, 3.8) is 0 Å². The van der Waals surface area contributed by atoms with Gasteiger partial charge >= 0.3 is 0 Å². The molecule has 1 aromatic carbocycles. The Balaban J connectivity index is 2.56. The van der Waals surface area contributed by atoms with Gasteiger partial charge in [-0.1, -0.05) is 64.4 Å². The van der Waals surface area contributed by atoms with Gasteiger partial charge in [-0.05, 0) is 24.5 Å². The second-order valence-electron chi connectivity index (χ2n) is 8.71. The summed E-state index contributed by atoms with van der Waals surface area (Å²) in [5.74, 6) is -0.00683. The highest BCUT2D eigenvalue weighted by Gasteiger charge is 2.20. The van der Waals surface area contributed by atoms with Crippen molar-refractivity contribution < 1.29 is 9.59 Å². The number of aromatic nitrogens is 1. The summed E-state index contributed by atoms with van der Waals surface area (Å²) in [5, 5.41) is 2.83. The minimum absolute atomic E-state index is 0.0859. The molecule has 0 aliphatic carbocycles. The third-order valence-corrected chi connectivity index (χ3v) is 5.34. The highest BCUT2D eigenvalue weighted by molar-refractivity contribution is 7.07. The molecular formula is C23H30N2O3S. The fourth-order valence-electron chi connectivity index (χ4n) is 2.55. The monoisotopic (exact) mass is 414 g/mol. The normalized spacial score (nSPS) is 13.2. The van der Waals surface area contributed by atoms with E-state index in [-0.39, 0.29) is 23.8 Å². The largest absolute Gasteiger partial charge is 0.354 e. The van der Waals surface area contributed by atoms with Gasteiger partial charge in [0.05, 0.1) is 4.53 Å². The van der Waals surface area contributed by atoms with Gasteiger partial charge in [0.1, 0.15) is 11.2 Å². The second-order valence-corrected chi connectivity index (χ2v) is 9.77. The van der Waals surface area contributed by atoms with Crippen molar-refractivity contribution in [1.29, 1.82) is 0 Å². The molecule has 1 N–H and O–H groups in total. The van der Waals surface area contributed by atoms with Crippen LogP contribution in [0, 0.1) is 18.3 Å². The number of rotatable bonds is 6. The Morgan fingerprint density at radius 2 is 1.93 bits per heavy atom. The fourth-order valence-corrected chi connectivity index (χ4v) is 3.59. The smallest absolute Gasteiger partial charge is 0.269 e. The number of aryl methyl sites for hydroxylation is 1. The predicted octanol–water partition coefficient (Wildman–Crippen LogP) is 2.21. The Morgan fingerprint density at radius 1 is 1.24 bits per heavy atom. The zero-order valence-electron chi connectivity index (χ0n) is 18.0. The SMILES string of the molecule is Cc1cccc(/C=c2/s/c(=C\C(=O)C(C)(C)C)n(CC(=O)NCC(C)C)c2=O)c1. The number of amides is 1. The van der Waals surface area contributed by atoms with Crippen LogP contribution in [0.15, 0.2) is 29.1 Å². The summed E-state index contributed by atoms with van der Waals surface area (Å²) in [5.41, 5.74) is 1.18. The highest BCUT2D eigenvalue weighted by Crippen LogP contribution is 2.14. The third-order valence-electron chi connectivity index (χ3n) is 4.28. The van der Waals surface area contributed by atoms with Crippen LogP contribution in [0.5, 0.6) is 0 Å². The average Bonchev–Trinajstić information content (AvgIpc) is 2.88. The number of Topliss-reactive ketones (excluding diaryl/α,β-unsaturated/α-hetero) is 1. The number of carbonyl (C=O) groups is 2. The first-order valence-electron chi connectivity index (χ1n) is 9.78. The van der Waals surface area contributed by atoms with Crippen LogP contribution in [-0.4, -0.2) is 22.8 Å². The van der Waals surface area contributed by atoms with Gasteiger partial charge in [0.2, 0.25) is 5.91 Å². The van der Waals surface area contributed by atoms with Gasteiger partial charge in [0.25, 0.3) is 5.56 Å². The molecule has 1 aromatic heterocycles. The molecule has 0 fully saturated rings. The quantitative estimate of drug-likeness (QED) is 0.788. The van der Waals surface area contributed by atoms with E-state index in [2.05, 4.69) is 5.32 Å². The number of nitrogens with one attached hydrogen (secondary N) is 1. The van der Waals surface area contributed by atoms with Gasteiger partial charge < -0.3 is 5.32 Å². The van der Waals surface area contributed by atoms with E-state index in [0.717, 1.165) is 11.1 Å². The number of carbonyl (C=O) groups excluding carboxylic acids is 2. The van der Waals surface area contributed by atoms with Crippen molar-refractivity contribution in [2.75, 3.05) is 6.54 Å². The van der Waals surface area contributed by atoms with E-state index in [1.54, 1.807) is 6.08 Å². The Morgan fingerprint density at radius 3 is 2.52 bits per heavy atom. The first-order chi connectivity index (χ1) is 13.5. The number of hydrogen-bond acceptors (Lipinski definition) is 4. The van der Waals surface area contributed by atoms with Crippen LogP contribution < -0.4 is 20.1 Å². The topological polar surface area (TPSA) is 68.2 Å². The average molecular weight is 415 g/mol. The van der Waals surface area contributed by atoms with Gasteiger partial charge in [0.15, 0.2) is 5.78 Å². The standard InChI is InChI=1S/C23H30N2O3S/c1-15(2)13-24-20(27)14-25-21(12-19(26)23(4,5)6)29-18(22(25)28)11-17-9-7-8-16(3)10-17/h7-12,15H,13-14H2,1-6H3,(H,24,27)/b18-11+,21-12-. The maximum Gasteiger partial charge on any atom is 0.269 e. The lowest BCUT2D eigenvalue weighted by atomic mass is 9.91. The number of nitrogens with zero attached hydrogens (tertiary/aromatic N) is 1. The molecule has 0 aliphatic rings. The second kappa shape index (κ2) is 9.35. The van der Waals surface area contributed by atoms with Crippen LogP contribution in [0.1, 0.15) is 45.7 Å². The van der Waals surface area contributed by atoms with Crippen molar-refractivity contribution in [3.05, 3.63) is 54.9 Å². The zero-order valence-corrected chi connectivity index (χ0v) is 18.9. The molecule has 2 aromatic rings. The molecule has 0 unspecified atom stereocenters. The maximum absolute atomic E-state index is 13.0. The van der Waals surface area contributed by atoms with Gasteiger partial charge in [-0.15, -0.1) is 11.3 Å². The molecule has 6 heteroatoms. The molecule has 0 saturated heterocycles. The molecule has 0 saturated carbocycles. The highest BCUT2D eigenvalue weighted by atomic mass is 32.1. The Hall–Kier alpha value is -2.47. The zero-order chi connectivity index (χ0) is 21.8. The molecule has 156 valence electrons. The molecule has 0 atom stereocenters. The lowest BCUT2D eigenvalue weighted by Gasteiger charge is -2.13. The van der Waals surface area contributed by atoms with Crippen molar-refractivity contribution in [2.24, 2.45) is 11.3 Å². The van der Waals surface area contributed by atoms with Gasteiger partial charge in [-0.3, -0.25) is 19.0 Å². The summed E-state index contributed by atoms with van der Waals surface area (Å²) in [6.07, 6.45) is 3.29. The predicted molar refractivity (Wildman–Crippen MR) is 119 cm³/mol. The first kappa shape index (κ1) is 22.8. The Kier molecular flexibility index (Phi) is 7.36. The van der Waals surface area contributed by atoms with Crippen molar-refractivity contribution in [2.45, 2.75) is 48.1 Å². The van der Waals surface area contributed by atoms with E-state index in [1.165, 1.54) is 22.0 Å². The summed E-state index contributed by atoms with van der Waals surface area (Å²) in [7, 11) is 0. The number of ketones is 1. The summed E-state index contributed by atoms with van der Waals surface area (Å²) in [4.78, 5) is 37.9. The van der Waals surface area contributed by atoms with Crippen molar-refractivity contribution in [3.8, 4) is 0 Å². The number of benzene rings is 1. The van der Waals surface area contributed by atoms with E-state index < -0.39 is 5.41 Å². The van der Waals surface area contributed by atoms with Crippen LogP contribution in [0.4, 0.5) is 0 Å². The van der Waals surface area contributed by atoms with Crippen molar-refractivity contribution >= 4 is 35.2 Å². The Labute approximate surface area is 175 Å². The molecule has 0 radical (unpaired) electrons. The van der Waals surface area contributed by atoms with Crippen LogP contribution in [0.3, 0.4) is 0 Å².